The van der Waals surface area contributed by atoms with E-state index in [1.54, 1.807) is 0 Å². The maximum absolute atomic E-state index is 11.4. The monoisotopic (exact) mass is 347 g/mol. The van der Waals surface area contributed by atoms with E-state index in [-0.39, 0.29) is 0 Å². The predicted molar refractivity (Wildman–Crippen MR) is 106 cm³/mol. The predicted octanol–water partition coefficient (Wildman–Crippen LogP) is 5.15. The highest BCUT2D eigenvalue weighted by molar-refractivity contribution is 5.93. The van der Waals surface area contributed by atoms with Gasteiger partial charge in [-0.05, 0) is 85.1 Å². The molecule has 2 aliphatic rings. The van der Waals surface area contributed by atoms with Gasteiger partial charge < -0.3 is 10.0 Å². The molecule has 1 aliphatic heterocycles. The molecule has 2 aromatic carbocycles. The average molecular weight is 347 g/mol. The standard InChI is InChI=1S/C23H25NO2/c25-23(26)20-6-4-5-17-7-8-19(15-21(17)16-20)18-9-11-22(12-10-18)24-13-2-1-3-14-24/h7-12,15-16H,1-6,13-14H2,(H,25,26). The topological polar surface area (TPSA) is 40.5 Å². The number of anilines is 1. The van der Waals surface area contributed by atoms with Crippen molar-refractivity contribution >= 4 is 17.7 Å². The molecule has 0 spiro atoms. The number of aryl methyl sites for hydroxylation is 1. The first-order valence-corrected chi connectivity index (χ1v) is 9.63. The third kappa shape index (κ3) is 3.52. The Morgan fingerprint density at radius 2 is 1.58 bits per heavy atom. The minimum Gasteiger partial charge on any atom is -0.478 e. The van der Waals surface area contributed by atoms with Gasteiger partial charge in [0.1, 0.15) is 0 Å². The molecule has 1 N–H and O–H groups in total. The number of aliphatic carboxylic acids is 1. The summed E-state index contributed by atoms with van der Waals surface area (Å²) in [4.78, 5) is 13.9. The molecule has 0 bridgehead atoms. The van der Waals surface area contributed by atoms with Crippen molar-refractivity contribution in [3.8, 4) is 11.1 Å². The summed E-state index contributed by atoms with van der Waals surface area (Å²) >= 11 is 0. The Bertz CT molecular complexity index is 830. The first-order valence-electron chi connectivity index (χ1n) is 9.63. The van der Waals surface area contributed by atoms with Gasteiger partial charge in [0.2, 0.25) is 0 Å². The molecule has 26 heavy (non-hydrogen) atoms. The van der Waals surface area contributed by atoms with Gasteiger partial charge in [-0.2, -0.15) is 0 Å². The van der Waals surface area contributed by atoms with Crippen molar-refractivity contribution in [3.63, 3.8) is 0 Å². The van der Waals surface area contributed by atoms with E-state index < -0.39 is 5.97 Å². The Hall–Kier alpha value is -2.55. The molecule has 1 fully saturated rings. The van der Waals surface area contributed by atoms with E-state index in [2.05, 4.69) is 47.4 Å². The maximum Gasteiger partial charge on any atom is 0.331 e. The fourth-order valence-corrected chi connectivity index (χ4v) is 4.05. The van der Waals surface area contributed by atoms with Gasteiger partial charge in [0.05, 0.1) is 0 Å². The quantitative estimate of drug-likeness (QED) is 0.835. The molecule has 1 aliphatic carbocycles. The van der Waals surface area contributed by atoms with Crippen molar-refractivity contribution in [2.24, 2.45) is 0 Å². The van der Waals surface area contributed by atoms with Gasteiger partial charge in [-0.25, -0.2) is 4.79 Å². The summed E-state index contributed by atoms with van der Waals surface area (Å²) in [6, 6.07) is 15.3. The fourth-order valence-electron chi connectivity index (χ4n) is 4.05. The number of carboxylic acid groups (broad SMARTS) is 1. The highest BCUT2D eigenvalue weighted by atomic mass is 16.4. The van der Waals surface area contributed by atoms with Gasteiger partial charge in [-0.15, -0.1) is 0 Å². The Morgan fingerprint density at radius 1 is 0.846 bits per heavy atom. The second-order valence-electron chi connectivity index (χ2n) is 7.34. The van der Waals surface area contributed by atoms with E-state index in [0.717, 1.165) is 37.1 Å². The van der Waals surface area contributed by atoms with Gasteiger partial charge in [0.25, 0.3) is 0 Å². The van der Waals surface area contributed by atoms with Crippen LogP contribution in [0, 0.1) is 0 Å². The van der Waals surface area contributed by atoms with E-state index >= 15 is 0 Å². The van der Waals surface area contributed by atoms with Crippen LogP contribution in [0.3, 0.4) is 0 Å². The molecule has 2 aromatic rings. The number of hydrogen-bond donors (Lipinski definition) is 1. The molecule has 1 saturated heterocycles. The van der Waals surface area contributed by atoms with Crippen LogP contribution in [0.5, 0.6) is 0 Å². The molecular formula is C23H25NO2. The maximum atomic E-state index is 11.4. The molecule has 0 amide bonds. The normalized spacial score (nSPS) is 17.2. The number of benzene rings is 2. The van der Waals surface area contributed by atoms with Crippen molar-refractivity contribution in [3.05, 3.63) is 59.2 Å². The van der Waals surface area contributed by atoms with Crippen LogP contribution in [-0.2, 0) is 11.2 Å². The number of carboxylic acids is 1. The van der Waals surface area contributed by atoms with Crippen LogP contribution in [-0.4, -0.2) is 24.2 Å². The van der Waals surface area contributed by atoms with E-state index in [0.29, 0.717) is 12.0 Å². The lowest BCUT2D eigenvalue weighted by Crippen LogP contribution is -2.29. The van der Waals surface area contributed by atoms with Crippen molar-refractivity contribution in [1.29, 1.82) is 0 Å². The number of fused-ring (bicyclic) bond motifs is 1. The van der Waals surface area contributed by atoms with E-state index in [1.807, 2.05) is 6.08 Å². The Balaban J connectivity index is 1.62. The second-order valence-corrected chi connectivity index (χ2v) is 7.34. The average Bonchev–Trinajstić information content (AvgIpc) is 2.91. The van der Waals surface area contributed by atoms with E-state index in [4.69, 9.17) is 0 Å². The van der Waals surface area contributed by atoms with Crippen molar-refractivity contribution in [2.45, 2.75) is 38.5 Å². The summed E-state index contributed by atoms with van der Waals surface area (Å²) in [7, 11) is 0. The van der Waals surface area contributed by atoms with Gasteiger partial charge in [0.15, 0.2) is 0 Å². The third-order valence-corrected chi connectivity index (χ3v) is 5.56. The van der Waals surface area contributed by atoms with Crippen molar-refractivity contribution < 1.29 is 9.90 Å². The molecule has 134 valence electrons. The summed E-state index contributed by atoms with van der Waals surface area (Å²) in [5.74, 6) is -0.797. The summed E-state index contributed by atoms with van der Waals surface area (Å²) in [6.07, 6.45) is 8.25. The van der Waals surface area contributed by atoms with Crippen molar-refractivity contribution in [2.75, 3.05) is 18.0 Å². The molecule has 0 aromatic heterocycles. The summed E-state index contributed by atoms with van der Waals surface area (Å²) < 4.78 is 0. The van der Waals surface area contributed by atoms with Crippen LogP contribution in [0.1, 0.15) is 43.2 Å². The van der Waals surface area contributed by atoms with Gasteiger partial charge in [-0.1, -0.05) is 24.3 Å². The summed E-state index contributed by atoms with van der Waals surface area (Å²) in [5.41, 5.74) is 6.45. The summed E-state index contributed by atoms with van der Waals surface area (Å²) in [6.45, 7) is 2.31. The van der Waals surface area contributed by atoms with Gasteiger partial charge >= 0.3 is 5.97 Å². The largest absolute Gasteiger partial charge is 0.478 e. The van der Waals surface area contributed by atoms with Crippen molar-refractivity contribution in [1.82, 2.24) is 0 Å². The number of carbonyl (C=O) groups is 1. The number of rotatable bonds is 3. The first-order chi connectivity index (χ1) is 12.7. The molecule has 4 rings (SSSR count). The van der Waals surface area contributed by atoms with Crippen LogP contribution < -0.4 is 4.90 Å². The molecule has 0 unspecified atom stereocenters. The first kappa shape index (κ1) is 16.9. The molecule has 3 heteroatoms. The molecular weight excluding hydrogens is 322 g/mol. The molecule has 0 saturated carbocycles. The van der Waals surface area contributed by atoms with Crippen LogP contribution in [0.2, 0.25) is 0 Å². The lowest BCUT2D eigenvalue weighted by Gasteiger charge is -2.28. The molecule has 3 nitrogen and oxygen atoms in total. The highest BCUT2D eigenvalue weighted by Crippen LogP contribution is 2.30. The van der Waals surface area contributed by atoms with E-state index in [9.17, 15) is 9.90 Å². The van der Waals surface area contributed by atoms with Gasteiger partial charge in [0, 0.05) is 24.4 Å². The minimum absolute atomic E-state index is 0.515. The van der Waals surface area contributed by atoms with Crippen LogP contribution >= 0.6 is 0 Å². The smallest absolute Gasteiger partial charge is 0.331 e. The Kier molecular flexibility index (Phi) is 4.79. The number of piperidine rings is 1. The SMILES string of the molecule is O=C(O)C1=Cc2cc(-c3ccc(N4CCCCC4)cc3)ccc2CCC1. The lowest BCUT2D eigenvalue weighted by atomic mass is 9.97. The van der Waals surface area contributed by atoms with Crippen LogP contribution in [0.25, 0.3) is 17.2 Å². The zero-order valence-corrected chi connectivity index (χ0v) is 15.1. The Morgan fingerprint density at radius 3 is 2.31 bits per heavy atom. The van der Waals surface area contributed by atoms with Crippen LogP contribution in [0.4, 0.5) is 5.69 Å². The molecule has 1 heterocycles. The number of nitrogens with zero attached hydrogens (tertiary/aromatic N) is 1. The molecule has 0 radical (unpaired) electrons. The fraction of sp³-hybridized carbons (Fsp3) is 0.348. The zero-order valence-electron chi connectivity index (χ0n) is 15.1. The lowest BCUT2D eigenvalue weighted by molar-refractivity contribution is -0.132. The Labute approximate surface area is 155 Å². The second kappa shape index (κ2) is 7.36. The number of hydrogen-bond acceptors (Lipinski definition) is 2. The van der Waals surface area contributed by atoms with E-state index in [1.165, 1.54) is 36.1 Å². The zero-order chi connectivity index (χ0) is 17.9. The van der Waals surface area contributed by atoms with Crippen LogP contribution in [0.15, 0.2) is 48.0 Å². The van der Waals surface area contributed by atoms with Gasteiger partial charge in [-0.3, -0.25) is 0 Å². The molecule has 0 atom stereocenters. The third-order valence-electron chi connectivity index (χ3n) is 5.56. The summed E-state index contributed by atoms with van der Waals surface area (Å²) in [5, 5.41) is 9.36. The minimum atomic E-state index is -0.797. The highest BCUT2D eigenvalue weighted by Gasteiger charge is 2.15.